The van der Waals surface area contributed by atoms with Gasteiger partial charge < -0.3 is 0 Å². The van der Waals surface area contributed by atoms with Crippen LogP contribution in [0.15, 0.2) is 18.2 Å². The first-order chi connectivity index (χ1) is 7.54. The SMILES string of the molecule is CCc1c(CC(C)C)cccc1CC(C)C. The average Bonchev–Trinajstić information content (AvgIpc) is 2.16. The standard InChI is InChI=1S/C16H26/c1-6-16-14(10-12(2)3)8-7-9-15(16)11-13(4)5/h7-9,12-13H,6,10-11H2,1-5H3. The topological polar surface area (TPSA) is 0 Å². The van der Waals surface area contributed by atoms with Crippen molar-refractivity contribution in [2.24, 2.45) is 11.8 Å². The predicted octanol–water partition coefficient (Wildman–Crippen LogP) is 4.65. The Morgan fingerprint density at radius 3 is 1.62 bits per heavy atom. The van der Waals surface area contributed by atoms with Gasteiger partial charge in [0.15, 0.2) is 0 Å². The normalized spacial score (nSPS) is 11.4. The van der Waals surface area contributed by atoms with Crippen LogP contribution in [0.3, 0.4) is 0 Å². The molecule has 0 aromatic heterocycles. The Labute approximate surface area is 101 Å². The van der Waals surface area contributed by atoms with Gasteiger partial charge in [0.05, 0.1) is 0 Å². The minimum absolute atomic E-state index is 0.750. The highest BCUT2D eigenvalue weighted by Gasteiger charge is 2.09. The number of benzene rings is 1. The van der Waals surface area contributed by atoms with E-state index in [2.05, 4.69) is 52.8 Å². The lowest BCUT2D eigenvalue weighted by atomic mass is 9.89. The van der Waals surface area contributed by atoms with Gasteiger partial charge in [0.25, 0.3) is 0 Å². The molecular formula is C16H26. The van der Waals surface area contributed by atoms with Crippen molar-refractivity contribution in [1.29, 1.82) is 0 Å². The fourth-order valence-electron chi connectivity index (χ4n) is 2.40. The summed E-state index contributed by atoms with van der Waals surface area (Å²) in [5.74, 6) is 1.50. The molecule has 0 aliphatic rings. The summed E-state index contributed by atoms with van der Waals surface area (Å²) in [7, 11) is 0. The van der Waals surface area contributed by atoms with Gasteiger partial charge in [0, 0.05) is 0 Å². The number of hydrogen-bond donors (Lipinski definition) is 0. The van der Waals surface area contributed by atoms with Crippen molar-refractivity contribution in [1.82, 2.24) is 0 Å². The maximum absolute atomic E-state index is 2.31. The number of rotatable bonds is 5. The van der Waals surface area contributed by atoms with E-state index in [0.717, 1.165) is 11.8 Å². The highest BCUT2D eigenvalue weighted by atomic mass is 14.1. The first-order valence-corrected chi connectivity index (χ1v) is 6.64. The predicted molar refractivity (Wildman–Crippen MR) is 72.9 cm³/mol. The maximum Gasteiger partial charge on any atom is -0.0253 e. The quantitative estimate of drug-likeness (QED) is 0.675. The van der Waals surface area contributed by atoms with Gasteiger partial charge in [0.2, 0.25) is 0 Å². The van der Waals surface area contributed by atoms with Crippen LogP contribution in [0.5, 0.6) is 0 Å². The lowest BCUT2D eigenvalue weighted by Crippen LogP contribution is -2.05. The first kappa shape index (κ1) is 13.3. The Hall–Kier alpha value is -0.780. The first-order valence-electron chi connectivity index (χ1n) is 6.64. The van der Waals surface area contributed by atoms with Crippen LogP contribution in [0.1, 0.15) is 51.3 Å². The van der Waals surface area contributed by atoms with Gasteiger partial charge in [-0.25, -0.2) is 0 Å². The van der Waals surface area contributed by atoms with Crippen molar-refractivity contribution < 1.29 is 0 Å². The molecule has 0 bridgehead atoms. The smallest absolute Gasteiger partial charge is 0.0253 e. The van der Waals surface area contributed by atoms with Crippen LogP contribution < -0.4 is 0 Å². The van der Waals surface area contributed by atoms with E-state index < -0.39 is 0 Å². The summed E-state index contributed by atoms with van der Waals surface area (Å²) in [6.07, 6.45) is 3.61. The van der Waals surface area contributed by atoms with Crippen LogP contribution >= 0.6 is 0 Å². The van der Waals surface area contributed by atoms with E-state index in [1.807, 2.05) is 0 Å². The van der Waals surface area contributed by atoms with Crippen LogP contribution in [0.4, 0.5) is 0 Å². The van der Waals surface area contributed by atoms with E-state index in [1.165, 1.54) is 19.3 Å². The zero-order valence-corrected chi connectivity index (χ0v) is 11.5. The van der Waals surface area contributed by atoms with E-state index >= 15 is 0 Å². The summed E-state index contributed by atoms with van der Waals surface area (Å²) in [6, 6.07) is 6.85. The highest BCUT2D eigenvalue weighted by molar-refractivity contribution is 5.36. The second kappa shape index (κ2) is 6.08. The van der Waals surface area contributed by atoms with Crippen LogP contribution in [-0.4, -0.2) is 0 Å². The molecule has 0 radical (unpaired) electrons. The van der Waals surface area contributed by atoms with Crippen molar-refractivity contribution in [3.05, 3.63) is 34.9 Å². The highest BCUT2D eigenvalue weighted by Crippen LogP contribution is 2.21. The molecule has 1 rings (SSSR count). The molecule has 1 aromatic rings. The molecule has 0 heteroatoms. The zero-order chi connectivity index (χ0) is 12.1. The van der Waals surface area contributed by atoms with Crippen LogP contribution in [-0.2, 0) is 19.3 Å². The average molecular weight is 218 g/mol. The molecule has 0 heterocycles. The van der Waals surface area contributed by atoms with Gasteiger partial charge in [-0.3, -0.25) is 0 Å². The molecule has 0 saturated carbocycles. The summed E-state index contributed by atoms with van der Waals surface area (Å²) >= 11 is 0. The molecule has 16 heavy (non-hydrogen) atoms. The van der Waals surface area contributed by atoms with Gasteiger partial charge in [0.1, 0.15) is 0 Å². The van der Waals surface area contributed by atoms with Crippen LogP contribution in [0.2, 0.25) is 0 Å². The summed E-state index contributed by atoms with van der Waals surface area (Å²) in [5, 5.41) is 0. The Bertz CT molecular complexity index is 293. The summed E-state index contributed by atoms with van der Waals surface area (Å²) in [6.45, 7) is 11.5. The molecule has 0 unspecified atom stereocenters. The molecule has 0 spiro atoms. The minimum atomic E-state index is 0.750. The van der Waals surface area contributed by atoms with Crippen molar-refractivity contribution in [2.75, 3.05) is 0 Å². The fourth-order valence-corrected chi connectivity index (χ4v) is 2.40. The lowest BCUT2D eigenvalue weighted by molar-refractivity contribution is 0.628. The molecule has 0 aliphatic heterocycles. The zero-order valence-electron chi connectivity index (χ0n) is 11.5. The van der Waals surface area contributed by atoms with E-state index in [0.29, 0.717) is 0 Å². The molecule has 0 atom stereocenters. The molecule has 0 saturated heterocycles. The van der Waals surface area contributed by atoms with Crippen molar-refractivity contribution >= 4 is 0 Å². The summed E-state index contributed by atoms with van der Waals surface area (Å²) in [4.78, 5) is 0. The Kier molecular flexibility index (Phi) is 5.05. The minimum Gasteiger partial charge on any atom is -0.0625 e. The molecule has 0 amide bonds. The van der Waals surface area contributed by atoms with E-state index in [-0.39, 0.29) is 0 Å². The van der Waals surface area contributed by atoms with Crippen LogP contribution in [0, 0.1) is 11.8 Å². The second-order valence-corrected chi connectivity index (χ2v) is 5.60. The second-order valence-electron chi connectivity index (χ2n) is 5.60. The Morgan fingerprint density at radius 2 is 1.31 bits per heavy atom. The van der Waals surface area contributed by atoms with Crippen molar-refractivity contribution in [2.45, 2.75) is 53.9 Å². The van der Waals surface area contributed by atoms with Crippen molar-refractivity contribution in [3.8, 4) is 0 Å². The molecule has 0 aliphatic carbocycles. The van der Waals surface area contributed by atoms with E-state index in [9.17, 15) is 0 Å². The van der Waals surface area contributed by atoms with Gasteiger partial charge in [-0.2, -0.15) is 0 Å². The third kappa shape index (κ3) is 3.66. The monoisotopic (exact) mass is 218 g/mol. The summed E-state index contributed by atoms with van der Waals surface area (Å²) < 4.78 is 0. The molecule has 90 valence electrons. The van der Waals surface area contributed by atoms with E-state index in [1.54, 1.807) is 16.7 Å². The maximum atomic E-state index is 2.31. The molecular weight excluding hydrogens is 192 g/mol. The Balaban J connectivity index is 3.00. The van der Waals surface area contributed by atoms with Crippen molar-refractivity contribution in [3.63, 3.8) is 0 Å². The van der Waals surface area contributed by atoms with Gasteiger partial charge in [-0.1, -0.05) is 52.8 Å². The van der Waals surface area contributed by atoms with Gasteiger partial charge in [-0.05, 0) is 47.8 Å². The molecule has 1 aromatic carbocycles. The van der Waals surface area contributed by atoms with Gasteiger partial charge >= 0.3 is 0 Å². The fraction of sp³-hybridized carbons (Fsp3) is 0.625. The third-order valence-corrected chi connectivity index (χ3v) is 2.98. The van der Waals surface area contributed by atoms with Gasteiger partial charge in [-0.15, -0.1) is 0 Å². The Morgan fingerprint density at radius 1 is 0.875 bits per heavy atom. The van der Waals surface area contributed by atoms with E-state index in [4.69, 9.17) is 0 Å². The largest absolute Gasteiger partial charge is 0.0625 e. The number of hydrogen-bond acceptors (Lipinski definition) is 0. The summed E-state index contributed by atoms with van der Waals surface area (Å²) in [5.41, 5.74) is 4.73. The molecule has 0 N–H and O–H groups in total. The lowest BCUT2D eigenvalue weighted by Gasteiger charge is -2.16. The molecule has 0 fully saturated rings. The van der Waals surface area contributed by atoms with Crippen LogP contribution in [0.25, 0.3) is 0 Å². The third-order valence-electron chi connectivity index (χ3n) is 2.98. The molecule has 0 nitrogen and oxygen atoms in total.